The second-order valence-corrected chi connectivity index (χ2v) is 10.4. The minimum atomic E-state index is -0.684. The Morgan fingerprint density at radius 2 is 1.71 bits per heavy atom. The monoisotopic (exact) mass is 452 g/mol. The average Bonchev–Trinajstić information content (AvgIpc) is 3.44. The van der Waals surface area contributed by atoms with Crippen LogP contribution in [0.5, 0.6) is 0 Å². The number of fused-ring (bicyclic) bond motifs is 1. The molecule has 34 heavy (non-hydrogen) atoms. The van der Waals surface area contributed by atoms with E-state index in [0.29, 0.717) is 5.92 Å². The maximum Gasteiger partial charge on any atom is 0.0874 e. The number of benzene rings is 3. The first-order valence-corrected chi connectivity index (χ1v) is 12.5. The van der Waals surface area contributed by atoms with Crippen LogP contribution in [0.2, 0.25) is 0 Å². The van der Waals surface area contributed by atoms with E-state index < -0.39 is 11.0 Å². The van der Waals surface area contributed by atoms with Gasteiger partial charge in [-0.2, -0.15) is 0 Å². The van der Waals surface area contributed by atoms with E-state index in [1.54, 1.807) is 0 Å². The molecule has 1 aliphatic carbocycles. The van der Waals surface area contributed by atoms with Gasteiger partial charge in [0.1, 0.15) is 0 Å². The summed E-state index contributed by atoms with van der Waals surface area (Å²) in [4.78, 5) is 2.57. The standard InChI is InChI=1S/C31H36N2O/c1-23(32)31(26-9-5-3-6-10-26,27-11-7-4-8-12-27)28-17-20-33(22-28)19-16-24-13-14-25-15-18-30(2,34)29(25)21-24/h3-14,21,28,34H,1,15-20,22,32H2,2H3. The van der Waals surface area contributed by atoms with Gasteiger partial charge in [0.25, 0.3) is 0 Å². The van der Waals surface area contributed by atoms with Crippen molar-refractivity contribution in [1.29, 1.82) is 0 Å². The largest absolute Gasteiger partial charge is 0.401 e. The van der Waals surface area contributed by atoms with Gasteiger partial charge in [0.15, 0.2) is 0 Å². The molecule has 3 aromatic rings. The fraction of sp³-hybridized carbons (Fsp3) is 0.355. The van der Waals surface area contributed by atoms with E-state index in [-0.39, 0.29) is 0 Å². The van der Waals surface area contributed by atoms with Crippen molar-refractivity contribution >= 4 is 0 Å². The fourth-order valence-corrected chi connectivity index (χ4v) is 6.36. The molecule has 1 fully saturated rings. The summed E-state index contributed by atoms with van der Waals surface area (Å²) >= 11 is 0. The molecule has 0 amide bonds. The number of nitrogens with two attached hydrogens (primary N) is 1. The van der Waals surface area contributed by atoms with E-state index in [9.17, 15) is 5.11 Å². The van der Waals surface area contributed by atoms with E-state index in [1.165, 1.54) is 22.3 Å². The minimum absolute atomic E-state index is 0.357. The lowest BCUT2D eigenvalue weighted by atomic mass is 9.63. The van der Waals surface area contributed by atoms with Crippen LogP contribution in [-0.4, -0.2) is 29.6 Å². The Labute approximate surface area is 203 Å². The molecule has 3 heteroatoms. The zero-order valence-corrected chi connectivity index (χ0v) is 20.2. The normalized spacial score (nSPS) is 22.6. The third-order valence-corrected chi connectivity index (χ3v) is 8.20. The van der Waals surface area contributed by atoms with Gasteiger partial charge in [-0.05, 0) is 72.9 Å². The van der Waals surface area contributed by atoms with Crippen molar-refractivity contribution in [3.05, 3.63) is 119 Å². The molecule has 0 spiro atoms. The smallest absolute Gasteiger partial charge is 0.0874 e. The summed E-state index contributed by atoms with van der Waals surface area (Å²) in [5.41, 5.74) is 12.5. The van der Waals surface area contributed by atoms with Crippen molar-refractivity contribution < 1.29 is 5.11 Å². The summed E-state index contributed by atoms with van der Waals surface area (Å²) in [5.74, 6) is 0.357. The predicted molar refractivity (Wildman–Crippen MR) is 140 cm³/mol. The van der Waals surface area contributed by atoms with Crippen LogP contribution >= 0.6 is 0 Å². The minimum Gasteiger partial charge on any atom is -0.401 e. The SMILES string of the molecule is C=C(N)C(c1ccccc1)(c1ccccc1)C1CCN(CCc2ccc3c(c2)C(C)(O)CC3)C1. The zero-order valence-electron chi connectivity index (χ0n) is 20.2. The van der Waals surface area contributed by atoms with Crippen LogP contribution in [-0.2, 0) is 23.9 Å². The molecule has 3 nitrogen and oxygen atoms in total. The third-order valence-electron chi connectivity index (χ3n) is 8.20. The number of hydrogen-bond donors (Lipinski definition) is 2. The highest BCUT2D eigenvalue weighted by Crippen LogP contribution is 2.46. The molecule has 1 aliphatic heterocycles. The molecule has 0 bridgehead atoms. The Hall–Kier alpha value is -2.88. The molecule has 1 saturated heterocycles. The van der Waals surface area contributed by atoms with Gasteiger partial charge in [-0.25, -0.2) is 0 Å². The number of allylic oxidation sites excluding steroid dienone is 1. The van der Waals surface area contributed by atoms with Crippen LogP contribution in [0.15, 0.2) is 91.1 Å². The van der Waals surface area contributed by atoms with Crippen LogP contribution in [0.4, 0.5) is 0 Å². The first-order valence-electron chi connectivity index (χ1n) is 12.5. The van der Waals surface area contributed by atoms with Crippen molar-refractivity contribution in [2.45, 2.75) is 43.6 Å². The third kappa shape index (κ3) is 3.97. The maximum atomic E-state index is 10.7. The lowest BCUT2D eigenvalue weighted by Crippen LogP contribution is -2.42. The van der Waals surface area contributed by atoms with Gasteiger partial charge in [0.2, 0.25) is 0 Å². The van der Waals surface area contributed by atoms with Gasteiger partial charge < -0.3 is 15.7 Å². The first-order chi connectivity index (χ1) is 16.4. The summed E-state index contributed by atoms with van der Waals surface area (Å²) in [6.45, 7) is 9.32. The Balaban J connectivity index is 1.37. The number of aliphatic hydroxyl groups is 1. The van der Waals surface area contributed by atoms with E-state index in [4.69, 9.17) is 5.73 Å². The van der Waals surface area contributed by atoms with E-state index in [0.717, 1.165) is 56.6 Å². The molecule has 2 aliphatic rings. The second kappa shape index (κ2) is 9.05. The van der Waals surface area contributed by atoms with Gasteiger partial charge in [-0.1, -0.05) is 85.4 Å². The lowest BCUT2D eigenvalue weighted by molar-refractivity contribution is 0.0594. The van der Waals surface area contributed by atoms with Crippen molar-refractivity contribution in [1.82, 2.24) is 4.90 Å². The molecule has 0 radical (unpaired) electrons. The molecule has 2 atom stereocenters. The highest BCUT2D eigenvalue weighted by atomic mass is 16.3. The Bertz CT molecular complexity index is 1110. The Morgan fingerprint density at radius 1 is 1.06 bits per heavy atom. The van der Waals surface area contributed by atoms with E-state index >= 15 is 0 Å². The van der Waals surface area contributed by atoms with Crippen molar-refractivity contribution in [2.24, 2.45) is 11.7 Å². The van der Waals surface area contributed by atoms with Gasteiger partial charge in [-0.15, -0.1) is 0 Å². The zero-order chi connectivity index (χ0) is 23.8. The molecule has 3 aromatic carbocycles. The van der Waals surface area contributed by atoms with Crippen molar-refractivity contribution in [3.8, 4) is 0 Å². The molecular weight excluding hydrogens is 416 g/mol. The number of rotatable bonds is 7. The van der Waals surface area contributed by atoms with E-state index in [2.05, 4.69) is 90.3 Å². The highest BCUT2D eigenvalue weighted by Gasteiger charge is 2.46. The summed E-state index contributed by atoms with van der Waals surface area (Å²) in [7, 11) is 0. The number of aryl methyl sites for hydroxylation is 1. The summed E-state index contributed by atoms with van der Waals surface area (Å²) in [6, 6.07) is 28.0. The number of nitrogens with zero attached hydrogens (tertiary/aromatic N) is 1. The van der Waals surface area contributed by atoms with Gasteiger partial charge in [0, 0.05) is 18.8 Å². The van der Waals surface area contributed by atoms with Crippen LogP contribution in [0, 0.1) is 5.92 Å². The van der Waals surface area contributed by atoms with Crippen LogP contribution in [0.1, 0.15) is 47.6 Å². The Kier molecular flexibility index (Phi) is 6.09. The van der Waals surface area contributed by atoms with Gasteiger partial charge in [-0.3, -0.25) is 0 Å². The first kappa shape index (κ1) is 22.9. The predicted octanol–water partition coefficient (Wildman–Crippen LogP) is 5.16. The molecule has 0 saturated carbocycles. The van der Waals surface area contributed by atoms with Gasteiger partial charge in [0.05, 0.1) is 11.0 Å². The molecule has 5 rings (SSSR count). The highest BCUT2D eigenvalue weighted by molar-refractivity contribution is 5.48. The maximum absolute atomic E-state index is 10.7. The summed E-state index contributed by atoms with van der Waals surface area (Å²) in [6.07, 6.45) is 3.87. The summed E-state index contributed by atoms with van der Waals surface area (Å²) < 4.78 is 0. The molecule has 0 aromatic heterocycles. The molecule has 2 unspecified atom stereocenters. The molecule has 1 heterocycles. The average molecular weight is 453 g/mol. The van der Waals surface area contributed by atoms with Crippen molar-refractivity contribution in [3.63, 3.8) is 0 Å². The Morgan fingerprint density at radius 3 is 2.32 bits per heavy atom. The quantitative estimate of drug-likeness (QED) is 0.520. The molecule has 176 valence electrons. The second-order valence-electron chi connectivity index (χ2n) is 10.4. The fourth-order valence-electron chi connectivity index (χ4n) is 6.36. The molecule has 3 N–H and O–H groups in total. The van der Waals surface area contributed by atoms with Crippen LogP contribution in [0.3, 0.4) is 0 Å². The number of likely N-dealkylation sites (tertiary alicyclic amines) is 1. The van der Waals surface area contributed by atoms with Crippen LogP contribution in [0.25, 0.3) is 0 Å². The topological polar surface area (TPSA) is 49.5 Å². The van der Waals surface area contributed by atoms with E-state index in [1.807, 2.05) is 6.92 Å². The summed E-state index contributed by atoms with van der Waals surface area (Å²) in [5, 5.41) is 10.7. The van der Waals surface area contributed by atoms with Crippen molar-refractivity contribution in [2.75, 3.05) is 19.6 Å². The molecular formula is C31H36N2O. The lowest BCUT2D eigenvalue weighted by Gasteiger charge is -2.41. The van der Waals surface area contributed by atoms with Gasteiger partial charge >= 0.3 is 0 Å². The number of hydrogen-bond acceptors (Lipinski definition) is 3. The van der Waals surface area contributed by atoms with Crippen LogP contribution < -0.4 is 5.73 Å².